The van der Waals surface area contributed by atoms with Crippen molar-refractivity contribution in [1.82, 2.24) is 5.32 Å². The lowest BCUT2D eigenvalue weighted by atomic mass is 10.0. The molecule has 0 bridgehead atoms. The monoisotopic (exact) mass is 739 g/mol. The summed E-state index contributed by atoms with van der Waals surface area (Å²) in [6.45, 7) is -9.13. The third-order valence-electron chi connectivity index (χ3n) is 8.83. The summed E-state index contributed by atoms with van der Waals surface area (Å²) < 4.78 is 89.9. The third kappa shape index (κ3) is 35.4. The lowest BCUT2D eigenvalue weighted by Gasteiger charge is -2.25. The van der Waals surface area contributed by atoms with Crippen LogP contribution in [-0.2, 0) is 18.4 Å². The first-order chi connectivity index (χ1) is 27.8. The second kappa shape index (κ2) is 33.8. The van der Waals surface area contributed by atoms with Gasteiger partial charge >= 0.3 is 7.82 Å². The van der Waals surface area contributed by atoms with E-state index in [1.54, 1.807) is 6.08 Å². The van der Waals surface area contributed by atoms with E-state index in [1.807, 2.05) is 0 Å². The van der Waals surface area contributed by atoms with Gasteiger partial charge in [-0.15, -0.1) is 0 Å². The van der Waals surface area contributed by atoms with Crippen molar-refractivity contribution < 1.29 is 45.2 Å². The van der Waals surface area contributed by atoms with Gasteiger partial charge in [-0.1, -0.05) is 154 Å². The molecule has 0 aliphatic rings. The predicted octanol–water partition coefficient (Wildman–Crippen LogP) is 11.0. The Balaban J connectivity index is 5.11. The van der Waals surface area contributed by atoms with E-state index in [0.29, 0.717) is 12.8 Å². The molecule has 296 valence electrons. The molecular weight excluding hydrogens is 647 g/mol. The van der Waals surface area contributed by atoms with Crippen LogP contribution in [0.5, 0.6) is 0 Å². The molecule has 3 N–H and O–H groups in total. The third-order valence-corrected chi connectivity index (χ3v) is 9.81. The second-order valence-electron chi connectivity index (χ2n) is 13.9. The molecule has 1 unspecified atom stereocenters. The quantitative estimate of drug-likeness (QED) is 0.0254. The minimum atomic E-state index is -5.04. The fourth-order valence-corrected chi connectivity index (χ4v) is 6.40. The first-order valence-corrected chi connectivity index (χ1v) is 21.5. The van der Waals surface area contributed by atoms with E-state index >= 15 is 0 Å². The summed E-state index contributed by atoms with van der Waals surface area (Å²) in [4.78, 5) is 23.3. The molecule has 0 aliphatic heterocycles. The van der Waals surface area contributed by atoms with E-state index < -0.39 is 65.1 Å². The smallest absolute Gasteiger partial charge is 0.387 e. The number of hydrogen-bond donors (Lipinski definition) is 3. The van der Waals surface area contributed by atoms with Crippen LogP contribution in [0.25, 0.3) is 0 Å². The average molecular weight is 739 g/mol. The van der Waals surface area contributed by atoms with Gasteiger partial charge in [-0.05, 0) is 44.9 Å². The van der Waals surface area contributed by atoms with Gasteiger partial charge in [0.2, 0.25) is 5.91 Å². The SMILES string of the molecule is [2H]C([2H])([2H])[N+](CCOP(=O)(O)OC[C@H](NC(=O)CCCCCCC/C=C/CCCCCCCC)[C@H](O)/C=C/CCCCCCCCCCCCC)(C([2H])([2H])[2H])C([2H])([2H])[2H]. The number of aliphatic hydroxyl groups excluding tert-OH is 1. The number of hydrogen-bond acceptors (Lipinski definition) is 5. The zero-order chi connectivity index (χ0) is 44.7. The van der Waals surface area contributed by atoms with Crippen molar-refractivity contribution >= 4 is 13.7 Å². The van der Waals surface area contributed by atoms with Gasteiger partial charge in [-0.3, -0.25) is 13.8 Å². The number of quaternary nitrogens is 1. The minimum absolute atomic E-state index is 0.177. The summed E-state index contributed by atoms with van der Waals surface area (Å²) in [6, 6.07) is -1.15. The molecule has 3 atom stereocenters. The fourth-order valence-electron chi connectivity index (χ4n) is 5.66. The zero-order valence-electron chi connectivity index (χ0n) is 40.9. The van der Waals surface area contributed by atoms with Crippen molar-refractivity contribution in [2.24, 2.45) is 0 Å². The highest BCUT2D eigenvalue weighted by atomic mass is 31.2. The summed E-state index contributed by atoms with van der Waals surface area (Å²) in [5.74, 6) is -0.377. The first-order valence-electron chi connectivity index (χ1n) is 24.5. The molecule has 0 saturated carbocycles. The van der Waals surface area contributed by atoms with Crippen LogP contribution in [0, 0.1) is 0 Å². The number of phosphoric acid groups is 1. The predicted molar refractivity (Wildman–Crippen MR) is 212 cm³/mol. The average Bonchev–Trinajstić information content (AvgIpc) is 3.13. The Labute approximate surface area is 322 Å². The highest BCUT2D eigenvalue weighted by Gasteiger charge is 2.27. The molecule has 0 saturated heterocycles. The highest BCUT2D eigenvalue weighted by molar-refractivity contribution is 7.47. The van der Waals surface area contributed by atoms with Crippen LogP contribution in [-0.4, -0.2) is 73.2 Å². The van der Waals surface area contributed by atoms with E-state index in [9.17, 15) is 19.4 Å². The Kier molecular flexibility index (Phi) is 23.5. The molecule has 9 heteroatoms. The molecule has 1 amide bonds. The van der Waals surface area contributed by atoms with Gasteiger partial charge in [0.15, 0.2) is 0 Å². The van der Waals surface area contributed by atoms with E-state index in [4.69, 9.17) is 21.4 Å². The normalized spacial score (nSPS) is 18.2. The molecule has 0 aromatic heterocycles. The van der Waals surface area contributed by atoms with Crippen LogP contribution >= 0.6 is 7.82 Å². The Morgan fingerprint density at radius 3 is 1.62 bits per heavy atom. The molecule has 0 aromatic carbocycles. The topological polar surface area (TPSA) is 105 Å². The number of rotatable bonds is 37. The lowest BCUT2D eigenvalue weighted by molar-refractivity contribution is -0.870. The molecule has 8 nitrogen and oxygen atoms in total. The number of phosphoric ester groups is 1. The summed E-state index contributed by atoms with van der Waals surface area (Å²) in [6.07, 6.45) is 35.2. The maximum atomic E-state index is 12.9. The van der Waals surface area contributed by atoms with Crippen molar-refractivity contribution in [2.45, 2.75) is 193 Å². The van der Waals surface area contributed by atoms with Crippen molar-refractivity contribution in [3.05, 3.63) is 24.3 Å². The van der Waals surface area contributed by atoms with Crippen LogP contribution < -0.4 is 5.32 Å². The molecule has 0 radical (unpaired) electrons. The summed E-state index contributed by atoms with van der Waals surface area (Å²) in [5, 5.41) is 13.7. The number of nitrogens with zero attached hydrogens (tertiary/aromatic N) is 1. The van der Waals surface area contributed by atoms with Crippen LogP contribution in [0.3, 0.4) is 0 Å². The Morgan fingerprint density at radius 1 is 0.700 bits per heavy atom. The molecule has 0 spiro atoms. The van der Waals surface area contributed by atoms with Crippen molar-refractivity contribution in [1.29, 1.82) is 0 Å². The fraction of sp³-hybridized carbons (Fsp3) is 0.878. The van der Waals surface area contributed by atoms with Gasteiger partial charge in [0.05, 0.1) is 52.0 Å². The molecule has 0 rings (SSSR count). The van der Waals surface area contributed by atoms with Crippen LogP contribution in [0.2, 0.25) is 0 Å². The number of allylic oxidation sites excluding steroid dienone is 3. The van der Waals surface area contributed by atoms with E-state index in [2.05, 4.69) is 31.3 Å². The van der Waals surface area contributed by atoms with Crippen molar-refractivity contribution in [2.75, 3.05) is 40.7 Å². The number of amides is 1. The maximum absolute atomic E-state index is 12.9. The van der Waals surface area contributed by atoms with Crippen molar-refractivity contribution in [3.8, 4) is 0 Å². The second-order valence-corrected chi connectivity index (χ2v) is 15.3. The molecule has 50 heavy (non-hydrogen) atoms. The number of nitrogens with one attached hydrogen (secondary N) is 1. The standard InChI is InChI=1S/C41H81N2O6P/c1-6-8-10-12-14-16-18-20-21-23-25-27-29-31-33-35-41(45)42-39(38-49-50(46,47)48-37-36-43(3,4)5)40(44)34-32-30-28-26-24-22-19-17-15-13-11-9-7-2/h20-21,32,34,39-40,44H,6-19,22-31,33,35-38H2,1-5H3,(H-,42,45,46,47)/p+1/b21-20+,34-32+/t39-,40+/m0/s1/i3D3,4D3,5D3. The van der Waals surface area contributed by atoms with Gasteiger partial charge < -0.3 is 19.8 Å². The molecular formula is C41H82N2O6P+. The van der Waals surface area contributed by atoms with Gasteiger partial charge in [0, 0.05) is 6.42 Å². The van der Waals surface area contributed by atoms with Gasteiger partial charge in [-0.25, -0.2) is 4.57 Å². The summed E-state index contributed by atoms with van der Waals surface area (Å²) in [5.41, 5.74) is 0. The molecule has 0 fully saturated rings. The Morgan fingerprint density at radius 2 is 1.14 bits per heavy atom. The van der Waals surface area contributed by atoms with Crippen LogP contribution in [0.1, 0.15) is 193 Å². The minimum Gasteiger partial charge on any atom is -0.387 e. The zero-order valence-corrected chi connectivity index (χ0v) is 32.8. The van der Waals surface area contributed by atoms with Gasteiger partial charge in [-0.2, -0.15) is 0 Å². The summed E-state index contributed by atoms with van der Waals surface area (Å²) in [7, 11) is -5.04. The number of carbonyl (C=O) groups excluding carboxylic acids is 1. The molecule has 0 aromatic rings. The van der Waals surface area contributed by atoms with Gasteiger partial charge in [0.1, 0.15) is 13.2 Å². The number of carbonyl (C=O) groups is 1. The molecule has 0 heterocycles. The maximum Gasteiger partial charge on any atom is 0.472 e. The number of unbranched alkanes of at least 4 members (excludes halogenated alkanes) is 22. The molecule has 0 aliphatic carbocycles. The summed E-state index contributed by atoms with van der Waals surface area (Å²) >= 11 is 0. The Hall–Kier alpha value is -1.02. The van der Waals surface area contributed by atoms with E-state index in [1.165, 1.54) is 96.0 Å². The van der Waals surface area contributed by atoms with Crippen LogP contribution in [0.4, 0.5) is 0 Å². The first kappa shape index (κ1) is 34.7. The number of aliphatic hydroxyl groups is 1. The van der Waals surface area contributed by atoms with E-state index in [0.717, 1.165) is 57.8 Å². The van der Waals surface area contributed by atoms with Gasteiger partial charge in [0.25, 0.3) is 0 Å². The largest absolute Gasteiger partial charge is 0.472 e. The van der Waals surface area contributed by atoms with Crippen molar-refractivity contribution in [3.63, 3.8) is 0 Å². The highest BCUT2D eigenvalue weighted by Crippen LogP contribution is 2.43. The van der Waals surface area contributed by atoms with E-state index in [-0.39, 0.29) is 12.3 Å². The van der Waals surface area contributed by atoms with Crippen LogP contribution in [0.15, 0.2) is 24.3 Å². The lowest BCUT2D eigenvalue weighted by Crippen LogP contribution is -2.45. The Bertz CT molecular complexity index is 1130. The number of likely N-dealkylation sites (N-methyl/N-ethyl adjacent to an activating group) is 1.